The van der Waals surface area contributed by atoms with Gasteiger partial charge in [-0.3, -0.25) is 9.36 Å². The second-order valence-electron chi connectivity index (χ2n) is 8.07. The van der Waals surface area contributed by atoms with Crippen molar-refractivity contribution >= 4 is 34.1 Å². The quantitative estimate of drug-likeness (QED) is 0.343. The highest BCUT2D eigenvalue weighted by Gasteiger charge is 2.43. The third-order valence-electron chi connectivity index (χ3n) is 6.06. The Bertz CT molecular complexity index is 1420. The lowest BCUT2D eigenvalue weighted by Crippen LogP contribution is -2.26. The van der Waals surface area contributed by atoms with Gasteiger partial charge >= 0.3 is 0 Å². The Kier molecular flexibility index (Phi) is 5.72. The molecule has 0 radical (unpaired) electrons. The molecule has 1 aliphatic carbocycles. The van der Waals surface area contributed by atoms with E-state index in [1.165, 1.54) is 6.20 Å². The van der Waals surface area contributed by atoms with Crippen molar-refractivity contribution in [3.05, 3.63) is 92.2 Å². The Morgan fingerprint density at radius 1 is 1.06 bits per heavy atom. The molecular formula is C25H21Cl2N3O3. The van der Waals surface area contributed by atoms with Crippen molar-refractivity contribution < 1.29 is 9.47 Å². The molecule has 0 unspecified atom stereocenters. The van der Waals surface area contributed by atoms with Gasteiger partial charge in [-0.1, -0.05) is 35.3 Å². The van der Waals surface area contributed by atoms with Crippen LogP contribution in [0.4, 0.5) is 0 Å². The molecule has 0 N–H and O–H groups in total. The first-order valence-electron chi connectivity index (χ1n) is 10.5. The number of methoxy groups -OCH3 is 2. The molecule has 2 aromatic heterocycles. The molecule has 6 nitrogen and oxygen atoms in total. The lowest BCUT2D eigenvalue weighted by molar-refractivity contribution is 0.390. The summed E-state index contributed by atoms with van der Waals surface area (Å²) in [5.74, 6) is 2.38. The topological polar surface area (TPSA) is 66.2 Å². The van der Waals surface area contributed by atoms with Gasteiger partial charge in [0.2, 0.25) is 0 Å². The lowest BCUT2D eigenvalue weighted by atomic mass is 10.1. The fourth-order valence-corrected chi connectivity index (χ4v) is 4.64. The van der Waals surface area contributed by atoms with Crippen molar-refractivity contribution in [3.63, 3.8) is 0 Å². The predicted octanol–water partition coefficient (Wildman–Crippen LogP) is 5.43. The molecule has 1 saturated carbocycles. The number of rotatable bonds is 6. The van der Waals surface area contributed by atoms with Crippen LogP contribution in [0.1, 0.15) is 35.2 Å². The summed E-state index contributed by atoms with van der Waals surface area (Å²) < 4.78 is 12.6. The van der Waals surface area contributed by atoms with Crippen LogP contribution in [0.25, 0.3) is 10.9 Å². The number of halogens is 2. The van der Waals surface area contributed by atoms with Crippen LogP contribution >= 0.6 is 23.2 Å². The molecule has 0 spiro atoms. The molecule has 4 aromatic rings. The predicted molar refractivity (Wildman–Crippen MR) is 129 cm³/mol. The summed E-state index contributed by atoms with van der Waals surface area (Å²) in [5.41, 5.74) is 2.38. The number of hydrogen-bond donors (Lipinski definition) is 0. The van der Waals surface area contributed by atoms with E-state index in [9.17, 15) is 4.79 Å². The van der Waals surface area contributed by atoms with Crippen molar-refractivity contribution in [2.24, 2.45) is 0 Å². The molecule has 2 aromatic carbocycles. The Balaban J connectivity index is 1.62. The Hall–Kier alpha value is -3.09. The molecule has 168 valence electrons. The molecule has 1 fully saturated rings. The minimum absolute atomic E-state index is 0.0942. The van der Waals surface area contributed by atoms with E-state index in [1.54, 1.807) is 24.9 Å². The molecule has 0 saturated heterocycles. The van der Waals surface area contributed by atoms with E-state index in [0.717, 1.165) is 23.4 Å². The number of aromatic nitrogens is 3. The zero-order valence-electron chi connectivity index (χ0n) is 18.1. The van der Waals surface area contributed by atoms with Gasteiger partial charge < -0.3 is 9.47 Å². The standard InChI is InChI=1S/C25H21Cl2N3O3/c1-32-17-7-6-15(22(9-17)33-2)13-30-24(19-10-18(19)14-4-3-5-16(26)8-14)29-21-11-23(27)28-12-20(21)25(30)31/h3-9,11-12,18-19H,10,13H2,1-2H3/t18-,19+/m1/s1. The average Bonchev–Trinajstić information content (AvgIpc) is 3.61. The third kappa shape index (κ3) is 4.16. The van der Waals surface area contributed by atoms with Crippen LogP contribution in [0.15, 0.2) is 59.5 Å². The van der Waals surface area contributed by atoms with E-state index in [2.05, 4.69) is 11.1 Å². The van der Waals surface area contributed by atoms with Gasteiger partial charge in [0, 0.05) is 34.8 Å². The number of nitrogens with zero attached hydrogens (tertiary/aromatic N) is 3. The van der Waals surface area contributed by atoms with Crippen LogP contribution < -0.4 is 15.0 Å². The molecule has 2 atom stereocenters. The van der Waals surface area contributed by atoms with E-state index in [0.29, 0.717) is 39.1 Å². The highest BCUT2D eigenvalue weighted by molar-refractivity contribution is 6.30. The second kappa shape index (κ2) is 8.69. The molecule has 33 heavy (non-hydrogen) atoms. The summed E-state index contributed by atoms with van der Waals surface area (Å²) >= 11 is 12.3. The average molecular weight is 482 g/mol. The molecular weight excluding hydrogens is 461 g/mol. The second-order valence-corrected chi connectivity index (χ2v) is 8.89. The Labute approximate surface area is 200 Å². The number of fused-ring (bicyclic) bond motifs is 1. The molecule has 0 aliphatic heterocycles. The molecule has 2 heterocycles. The normalized spacial score (nSPS) is 17.2. The van der Waals surface area contributed by atoms with E-state index in [1.807, 2.05) is 36.4 Å². The molecule has 0 amide bonds. The van der Waals surface area contributed by atoms with Gasteiger partial charge in [-0.15, -0.1) is 0 Å². The van der Waals surface area contributed by atoms with Gasteiger partial charge in [0.25, 0.3) is 5.56 Å². The summed E-state index contributed by atoms with van der Waals surface area (Å²) in [6.07, 6.45) is 2.37. The summed E-state index contributed by atoms with van der Waals surface area (Å²) in [6.45, 7) is 0.311. The lowest BCUT2D eigenvalue weighted by Gasteiger charge is -2.16. The maximum atomic E-state index is 13.6. The molecule has 0 bridgehead atoms. The van der Waals surface area contributed by atoms with Crippen LogP contribution in [-0.2, 0) is 6.54 Å². The maximum Gasteiger partial charge on any atom is 0.263 e. The SMILES string of the molecule is COc1ccc(Cn2c([C@H]3C[C@@H]3c3cccc(Cl)c3)nc3cc(Cl)ncc3c2=O)c(OC)c1. The van der Waals surface area contributed by atoms with Gasteiger partial charge in [-0.25, -0.2) is 9.97 Å². The van der Waals surface area contributed by atoms with Crippen LogP contribution in [0.3, 0.4) is 0 Å². The first-order valence-corrected chi connectivity index (χ1v) is 11.3. The highest BCUT2D eigenvalue weighted by Crippen LogP contribution is 2.54. The zero-order valence-corrected chi connectivity index (χ0v) is 19.6. The molecule has 8 heteroatoms. The Morgan fingerprint density at radius 2 is 1.91 bits per heavy atom. The van der Waals surface area contributed by atoms with Crippen LogP contribution in [0.5, 0.6) is 11.5 Å². The van der Waals surface area contributed by atoms with Crippen LogP contribution in [0, 0.1) is 0 Å². The monoisotopic (exact) mass is 481 g/mol. The van der Waals surface area contributed by atoms with Gasteiger partial charge in [0.1, 0.15) is 22.5 Å². The van der Waals surface area contributed by atoms with Crippen molar-refractivity contribution in [1.82, 2.24) is 14.5 Å². The number of hydrogen-bond acceptors (Lipinski definition) is 5. The highest BCUT2D eigenvalue weighted by atomic mass is 35.5. The van der Waals surface area contributed by atoms with Gasteiger partial charge in [0.05, 0.1) is 31.7 Å². The van der Waals surface area contributed by atoms with Gasteiger partial charge in [0.15, 0.2) is 0 Å². The fourth-order valence-electron chi connectivity index (χ4n) is 4.29. The van der Waals surface area contributed by atoms with Crippen molar-refractivity contribution in [2.45, 2.75) is 24.8 Å². The zero-order chi connectivity index (χ0) is 23.1. The third-order valence-corrected chi connectivity index (χ3v) is 6.50. The van der Waals surface area contributed by atoms with Crippen LogP contribution in [0.2, 0.25) is 10.2 Å². The first-order chi connectivity index (χ1) is 16.0. The number of pyridine rings is 1. The van der Waals surface area contributed by atoms with Crippen LogP contribution in [-0.4, -0.2) is 28.8 Å². The van der Waals surface area contributed by atoms with E-state index in [-0.39, 0.29) is 17.4 Å². The van der Waals surface area contributed by atoms with Crippen molar-refractivity contribution in [2.75, 3.05) is 14.2 Å². The van der Waals surface area contributed by atoms with Crippen molar-refractivity contribution in [3.8, 4) is 11.5 Å². The van der Waals surface area contributed by atoms with E-state index >= 15 is 0 Å². The first kappa shape index (κ1) is 21.7. The summed E-state index contributed by atoms with van der Waals surface area (Å²) in [4.78, 5) is 22.5. The smallest absolute Gasteiger partial charge is 0.263 e. The van der Waals surface area contributed by atoms with Gasteiger partial charge in [-0.05, 0) is 42.2 Å². The van der Waals surface area contributed by atoms with E-state index < -0.39 is 0 Å². The molecule has 5 rings (SSSR count). The summed E-state index contributed by atoms with van der Waals surface area (Å²) in [5, 5.41) is 1.43. The van der Waals surface area contributed by atoms with Gasteiger partial charge in [-0.2, -0.15) is 0 Å². The fraction of sp³-hybridized carbons (Fsp3) is 0.240. The van der Waals surface area contributed by atoms with E-state index in [4.69, 9.17) is 37.7 Å². The maximum absolute atomic E-state index is 13.6. The number of ether oxygens (including phenoxy) is 2. The Morgan fingerprint density at radius 3 is 2.67 bits per heavy atom. The number of benzene rings is 2. The summed E-state index contributed by atoms with van der Waals surface area (Å²) in [6, 6.07) is 15.0. The summed E-state index contributed by atoms with van der Waals surface area (Å²) in [7, 11) is 3.20. The largest absolute Gasteiger partial charge is 0.497 e. The minimum Gasteiger partial charge on any atom is -0.497 e. The molecule has 1 aliphatic rings. The minimum atomic E-state index is -0.159. The van der Waals surface area contributed by atoms with Crippen molar-refractivity contribution in [1.29, 1.82) is 0 Å².